The first-order chi connectivity index (χ1) is 8.49. The first-order valence-corrected chi connectivity index (χ1v) is 6.73. The Hall–Kier alpha value is -0.260. The topological polar surface area (TPSA) is 120 Å². The van der Waals surface area contributed by atoms with Crippen molar-refractivity contribution < 1.29 is 14.9 Å². The van der Waals surface area contributed by atoms with Crippen LogP contribution < -0.4 is 11.5 Å². The summed E-state index contributed by atoms with van der Waals surface area (Å²) in [5.74, 6) is 0. The smallest absolute Gasteiger partial charge is 0.139 e. The summed E-state index contributed by atoms with van der Waals surface area (Å²) >= 11 is 2.14. The molecule has 7 nitrogen and oxygen atoms in total. The Kier molecular flexibility index (Phi) is 4.56. The molecule has 5 atom stereocenters. The van der Waals surface area contributed by atoms with Crippen molar-refractivity contribution >= 4 is 22.6 Å². The van der Waals surface area contributed by atoms with Gasteiger partial charge in [0, 0.05) is 18.3 Å². The maximum Gasteiger partial charge on any atom is 0.139 e. The van der Waals surface area contributed by atoms with Gasteiger partial charge < -0.3 is 26.4 Å². The second kappa shape index (κ2) is 5.80. The molecule has 0 radical (unpaired) electrons. The number of aromatic nitrogens is 2. The quantitative estimate of drug-likeness (QED) is 0.488. The van der Waals surface area contributed by atoms with Gasteiger partial charge in [0.25, 0.3) is 0 Å². The normalized spacial score (nSPS) is 36.8. The molecular formula is C10H17IN4O3. The van der Waals surface area contributed by atoms with E-state index in [1.807, 2.05) is 6.20 Å². The van der Waals surface area contributed by atoms with Crippen LogP contribution in [-0.2, 0) is 11.5 Å². The highest BCUT2D eigenvalue weighted by atomic mass is 127. The number of aliphatic hydroxyl groups is 2. The van der Waals surface area contributed by atoms with Gasteiger partial charge in [-0.3, -0.25) is 0 Å². The van der Waals surface area contributed by atoms with Crippen molar-refractivity contribution in [3.05, 3.63) is 16.0 Å². The molecule has 1 aliphatic rings. The van der Waals surface area contributed by atoms with Crippen molar-refractivity contribution in [1.29, 1.82) is 0 Å². The highest BCUT2D eigenvalue weighted by molar-refractivity contribution is 14.1. The average Bonchev–Trinajstić information content (AvgIpc) is 2.72. The van der Waals surface area contributed by atoms with Crippen LogP contribution in [0.5, 0.6) is 0 Å². The fourth-order valence-electron chi connectivity index (χ4n) is 2.08. The second-order valence-electron chi connectivity index (χ2n) is 4.50. The van der Waals surface area contributed by atoms with Crippen LogP contribution in [0.25, 0.3) is 0 Å². The molecule has 18 heavy (non-hydrogen) atoms. The van der Waals surface area contributed by atoms with Gasteiger partial charge >= 0.3 is 0 Å². The van der Waals surface area contributed by atoms with E-state index in [-0.39, 0.29) is 6.73 Å². The lowest BCUT2D eigenvalue weighted by molar-refractivity contribution is -0.143. The van der Waals surface area contributed by atoms with Crippen LogP contribution in [0.1, 0.15) is 6.42 Å². The third-order valence-electron chi connectivity index (χ3n) is 3.09. The Morgan fingerprint density at radius 1 is 1.39 bits per heavy atom. The lowest BCUT2D eigenvalue weighted by Crippen LogP contribution is -2.62. The summed E-state index contributed by atoms with van der Waals surface area (Å²) in [6.07, 6.45) is 1.21. The molecule has 2 rings (SSSR count). The van der Waals surface area contributed by atoms with Crippen molar-refractivity contribution in [2.45, 2.75) is 43.5 Å². The van der Waals surface area contributed by atoms with Gasteiger partial charge in [-0.1, -0.05) is 0 Å². The van der Waals surface area contributed by atoms with Crippen molar-refractivity contribution in [3.63, 3.8) is 0 Å². The number of aliphatic hydroxyl groups excluding tert-OH is 2. The lowest BCUT2D eigenvalue weighted by atomic mass is 9.85. The van der Waals surface area contributed by atoms with E-state index >= 15 is 0 Å². The monoisotopic (exact) mass is 368 g/mol. The van der Waals surface area contributed by atoms with Gasteiger partial charge in [0.05, 0.1) is 15.9 Å². The molecule has 0 aliphatic heterocycles. The van der Waals surface area contributed by atoms with E-state index in [0.29, 0.717) is 6.42 Å². The molecule has 0 unspecified atom stereocenters. The molecule has 102 valence electrons. The van der Waals surface area contributed by atoms with Gasteiger partial charge in [0.15, 0.2) is 0 Å². The van der Waals surface area contributed by atoms with Gasteiger partial charge in [-0.25, -0.2) is 4.68 Å². The minimum atomic E-state index is -1.07. The van der Waals surface area contributed by atoms with Crippen LogP contribution in [0.3, 0.4) is 0 Å². The zero-order valence-electron chi connectivity index (χ0n) is 9.69. The van der Waals surface area contributed by atoms with Crippen LogP contribution in [0.2, 0.25) is 0 Å². The Morgan fingerprint density at radius 2 is 2.11 bits per heavy atom. The molecular weight excluding hydrogens is 351 g/mol. The molecule has 1 aromatic heterocycles. The second-order valence-corrected chi connectivity index (χ2v) is 5.75. The summed E-state index contributed by atoms with van der Waals surface area (Å²) in [5, 5.41) is 23.7. The Balaban J connectivity index is 1.95. The van der Waals surface area contributed by atoms with E-state index in [2.05, 4.69) is 27.7 Å². The standard InChI is InChI=1S/C10H17IN4O3/c11-5-2-14-15(3-5)4-18-10-7(13)1-6(12)8(16)9(10)17/h2-3,6-10,16-17H,1,4,12-13H2/t6-,7+,8+,9-,10-/m0/s1. The van der Waals surface area contributed by atoms with E-state index in [9.17, 15) is 10.2 Å². The molecule has 1 aromatic rings. The van der Waals surface area contributed by atoms with Crippen LogP contribution in [0.15, 0.2) is 12.4 Å². The number of nitrogens with two attached hydrogens (primary N) is 2. The van der Waals surface area contributed by atoms with Gasteiger partial charge in [0.1, 0.15) is 18.9 Å². The van der Waals surface area contributed by atoms with E-state index in [4.69, 9.17) is 16.2 Å². The molecule has 0 bridgehead atoms. The highest BCUT2D eigenvalue weighted by Crippen LogP contribution is 2.21. The predicted octanol–water partition coefficient (Wildman–Crippen LogP) is -1.39. The van der Waals surface area contributed by atoms with Crippen molar-refractivity contribution in [2.75, 3.05) is 0 Å². The maximum atomic E-state index is 9.90. The highest BCUT2D eigenvalue weighted by Gasteiger charge is 2.41. The fourth-order valence-corrected chi connectivity index (χ4v) is 2.53. The number of nitrogens with zero attached hydrogens (tertiary/aromatic N) is 2. The molecule has 1 heterocycles. The number of hydrogen-bond donors (Lipinski definition) is 4. The Labute approximate surface area is 118 Å². The minimum Gasteiger partial charge on any atom is -0.389 e. The minimum absolute atomic E-state index is 0.181. The molecule has 8 heteroatoms. The SMILES string of the molecule is N[C@@H]1C[C@H](N)[C@@H](O)[C@H](O)[C@H]1OCn1cc(I)cn1. The number of hydrogen-bond acceptors (Lipinski definition) is 6. The third kappa shape index (κ3) is 3.00. The molecule has 1 saturated carbocycles. The summed E-state index contributed by atoms with van der Waals surface area (Å²) in [5.41, 5.74) is 11.6. The molecule has 1 fully saturated rings. The van der Waals surface area contributed by atoms with Gasteiger partial charge in [-0.2, -0.15) is 5.10 Å². The average molecular weight is 368 g/mol. The molecule has 0 amide bonds. The molecule has 6 N–H and O–H groups in total. The summed E-state index contributed by atoms with van der Waals surface area (Å²) < 4.78 is 8.12. The van der Waals surface area contributed by atoms with Crippen molar-refractivity contribution in [1.82, 2.24) is 9.78 Å². The fraction of sp³-hybridized carbons (Fsp3) is 0.700. The molecule has 0 aromatic carbocycles. The van der Waals surface area contributed by atoms with Gasteiger partial charge in [-0.05, 0) is 29.0 Å². The summed E-state index contributed by atoms with van der Waals surface area (Å²) in [4.78, 5) is 0. The first-order valence-electron chi connectivity index (χ1n) is 5.66. The van der Waals surface area contributed by atoms with E-state index < -0.39 is 30.4 Å². The number of ether oxygens (including phenoxy) is 1. The Bertz CT molecular complexity index is 402. The van der Waals surface area contributed by atoms with Crippen LogP contribution in [0, 0.1) is 3.57 Å². The largest absolute Gasteiger partial charge is 0.389 e. The van der Waals surface area contributed by atoms with Crippen LogP contribution in [-0.4, -0.2) is 50.4 Å². The first kappa shape index (κ1) is 14.2. The summed E-state index contributed by atoms with van der Waals surface area (Å²) in [6.45, 7) is 0.181. The van der Waals surface area contributed by atoms with Crippen LogP contribution >= 0.6 is 22.6 Å². The zero-order valence-corrected chi connectivity index (χ0v) is 11.8. The molecule has 0 spiro atoms. The van der Waals surface area contributed by atoms with E-state index in [1.54, 1.807) is 10.9 Å². The number of rotatable bonds is 3. The number of halogens is 1. The predicted molar refractivity (Wildman–Crippen MR) is 72.4 cm³/mol. The van der Waals surface area contributed by atoms with Crippen LogP contribution in [0.4, 0.5) is 0 Å². The third-order valence-corrected chi connectivity index (χ3v) is 3.65. The summed E-state index contributed by atoms with van der Waals surface area (Å²) in [7, 11) is 0. The lowest BCUT2D eigenvalue weighted by Gasteiger charge is -2.39. The molecule has 1 aliphatic carbocycles. The molecule has 0 saturated heterocycles. The van der Waals surface area contributed by atoms with E-state index in [0.717, 1.165) is 3.57 Å². The Morgan fingerprint density at radius 3 is 2.72 bits per heavy atom. The summed E-state index contributed by atoms with van der Waals surface area (Å²) in [6, 6.07) is -0.909. The van der Waals surface area contributed by atoms with Gasteiger partial charge in [-0.15, -0.1) is 0 Å². The van der Waals surface area contributed by atoms with Crippen molar-refractivity contribution in [2.24, 2.45) is 11.5 Å². The van der Waals surface area contributed by atoms with Crippen molar-refractivity contribution in [3.8, 4) is 0 Å². The zero-order chi connectivity index (χ0) is 13.3. The maximum absolute atomic E-state index is 9.90. The van der Waals surface area contributed by atoms with E-state index in [1.165, 1.54) is 0 Å². The van der Waals surface area contributed by atoms with Gasteiger partial charge in [0.2, 0.25) is 0 Å².